The molecule has 0 atom stereocenters. The smallest absolute Gasteiger partial charge is 0.244 e. The summed E-state index contributed by atoms with van der Waals surface area (Å²) in [5.74, 6) is 0. The molecule has 2 aromatic heterocycles. The van der Waals surface area contributed by atoms with Gasteiger partial charge >= 0.3 is 5.69 Å². The third kappa shape index (κ3) is 1.89. The molecule has 5 nitrogen and oxygen atoms in total. The SMILES string of the molecule is O=c1n(Cc2ccccc2)nc2ccc(Cl)nn12. The predicted molar refractivity (Wildman–Crippen MR) is 67.8 cm³/mol. The van der Waals surface area contributed by atoms with Crippen LogP contribution in [0.4, 0.5) is 0 Å². The Bertz CT molecular complexity index is 748. The fourth-order valence-electron chi connectivity index (χ4n) is 1.75. The molecule has 3 aromatic rings. The van der Waals surface area contributed by atoms with E-state index in [4.69, 9.17) is 11.6 Å². The van der Waals surface area contributed by atoms with Gasteiger partial charge in [0, 0.05) is 0 Å². The number of hydrogen-bond acceptors (Lipinski definition) is 3. The first-order chi connectivity index (χ1) is 8.74. The Balaban J connectivity index is 2.08. The Morgan fingerprint density at radius 1 is 1.06 bits per heavy atom. The minimum absolute atomic E-state index is 0.267. The highest BCUT2D eigenvalue weighted by molar-refractivity contribution is 6.29. The number of aromatic nitrogens is 4. The number of rotatable bonds is 2. The molecule has 90 valence electrons. The van der Waals surface area contributed by atoms with Crippen molar-refractivity contribution in [1.82, 2.24) is 19.4 Å². The average molecular weight is 261 g/mol. The summed E-state index contributed by atoms with van der Waals surface area (Å²) in [5, 5.41) is 8.39. The maximum Gasteiger partial charge on any atom is 0.367 e. The highest BCUT2D eigenvalue weighted by Crippen LogP contribution is 2.04. The van der Waals surface area contributed by atoms with E-state index in [9.17, 15) is 4.79 Å². The van der Waals surface area contributed by atoms with Gasteiger partial charge in [-0.15, -0.1) is 10.2 Å². The quantitative estimate of drug-likeness (QED) is 0.703. The standard InChI is InChI=1S/C12H9ClN4O/c13-10-6-7-11-15-16(12(18)17(11)14-10)8-9-4-2-1-3-5-9/h1-7H,8H2. The molecule has 0 radical (unpaired) electrons. The molecule has 2 heterocycles. The second-order valence-electron chi connectivity index (χ2n) is 3.85. The monoisotopic (exact) mass is 260 g/mol. The molecule has 0 amide bonds. The molecule has 0 saturated heterocycles. The van der Waals surface area contributed by atoms with E-state index in [1.54, 1.807) is 12.1 Å². The van der Waals surface area contributed by atoms with Crippen molar-refractivity contribution < 1.29 is 0 Å². The highest BCUT2D eigenvalue weighted by atomic mass is 35.5. The van der Waals surface area contributed by atoms with E-state index >= 15 is 0 Å². The van der Waals surface area contributed by atoms with Crippen LogP contribution in [0.5, 0.6) is 0 Å². The maximum atomic E-state index is 12.0. The third-order valence-electron chi connectivity index (χ3n) is 2.58. The van der Waals surface area contributed by atoms with E-state index in [-0.39, 0.29) is 10.8 Å². The van der Waals surface area contributed by atoms with Crippen LogP contribution in [-0.2, 0) is 6.54 Å². The van der Waals surface area contributed by atoms with Crippen LogP contribution in [0.1, 0.15) is 5.56 Å². The van der Waals surface area contributed by atoms with Crippen LogP contribution in [0.3, 0.4) is 0 Å². The summed E-state index contributed by atoms with van der Waals surface area (Å²) in [6.07, 6.45) is 0. The lowest BCUT2D eigenvalue weighted by molar-refractivity contribution is 0.650. The van der Waals surface area contributed by atoms with Gasteiger partial charge in [0.1, 0.15) is 5.15 Å². The van der Waals surface area contributed by atoms with E-state index in [0.717, 1.165) is 5.56 Å². The van der Waals surface area contributed by atoms with Gasteiger partial charge in [0.2, 0.25) is 0 Å². The van der Waals surface area contributed by atoms with E-state index in [0.29, 0.717) is 12.2 Å². The summed E-state index contributed by atoms with van der Waals surface area (Å²) < 4.78 is 2.57. The van der Waals surface area contributed by atoms with Gasteiger partial charge in [-0.2, -0.15) is 4.52 Å². The molecule has 6 heteroatoms. The van der Waals surface area contributed by atoms with Gasteiger partial charge in [0.05, 0.1) is 6.54 Å². The van der Waals surface area contributed by atoms with Gasteiger partial charge in [0.15, 0.2) is 5.65 Å². The number of halogens is 1. The van der Waals surface area contributed by atoms with Crippen LogP contribution in [0, 0.1) is 0 Å². The Labute approximate surface area is 107 Å². The van der Waals surface area contributed by atoms with Crippen LogP contribution in [0.25, 0.3) is 5.65 Å². The van der Waals surface area contributed by atoms with Gasteiger partial charge < -0.3 is 0 Å². The zero-order valence-electron chi connectivity index (χ0n) is 9.32. The molecule has 3 rings (SSSR count). The summed E-state index contributed by atoms with van der Waals surface area (Å²) >= 11 is 5.75. The largest absolute Gasteiger partial charge is 0.367 e. The summed E-state index contributed by atoms with van der Waals surface area (Å²) in [6, 6.07) is 12.9. The van der Waals surface area contributed by atoms with E-state index < -0.39 is 0 Å². The molecule has 0 bridgehead atoms. The van der Waals surface area contributed by atoms with Crippen molar-refractivity contribution in [3.8, 4) is 0 Å². The Kier molecular flexibility index (Phi) is 2.60. The second-order valence-corrected chi connectivity index (χ2v) is 4.24. The molecule has 0 aliphatic heterocycles. The second kappa shape index (κ2) is 4.27. The fraction of sp³-hybridized carbons (Fsp3) is 0.0833. The summed E-state index contributed by atoms with van der Waals surface area (Å²) in [7, 11) is 0. The molecule has 0 spiro atoms. The molecule has 0 aliphatic rings. The molecular formula is C12H9ClN4O. The summed E-state index contributed by atoms with van der Waals surface area (Å²) in [6.45, 7) is 0.417. The number of benzene rings is 1. The fourth-order valence-corrected chi connectivity index (χ4v) is 1.88. The predicted octanol–water partition coefficient (Wildman–Crippen LogP) is 1.59. The van der Waals surface area contributed by atoms with Crippen LogP contribution in [0.15, 0.2) is 47.3 Å². The van der Waals surface area contributed by atoms with Crippen molar-refractivity contribution in [2.24, 2.45) is 0 Å². The first-order valence-electron chi connectivity index (χ1n) is 5.40. The van der Waals surface area contributed by atoms with Crippen molar-refractivity contribution in [3.05, 3.63) is 63.7 Å². The van der Waals surface area contributed by atoms with Crippen molar-refractivity contribution in [1.29, 1.82) is 0 Å². The van der Waals surface area contributed by atoms with Crippen molar-refractivity contribution >= 4 is 17.2 Å². The molecule has 0 aliphatic carbocycles. The zero-order valence-corrected chi connectivity index (χ0v) is 10.1. The topological polar surface area (TPSA) is 52.2 Å². The minimum Gasteiger partial charge on any atom is -0.244 e. The highest BCUT2D eigenvalue weighted by Gasteiger charge is 2.08. The summed E-state index contributed by atoms with van der Waals surface area (Å²) in [5.41, 5.74) is 1.20. The lowest BCUT2D eigenvalue weighted by Crippen LogP contribution is -2.22. The molecule has 18 heavy (non-hydrogen) atoms. The normalized spacial score (nSPS) is 10.9. The maximum absolute atomic E-state index is 12.0. The first kappa shape index (κ1) is 11.0. The Hall–Kier alpha value is -2.14. The van der Waals surface area contributed by atoms with Crippen LogP contribution in [0.2, 0.25) is 5.15 Å². The van der Waals surface area contributed by atoms with Gasteiger partial charge in [0.25, 0.3) is 0 Å². The zero-order chi connectivity index (χ0) is 12.5. The number of hydrogen-bond donors (Lipinski definition) is 0. The molecule has 0 saturated carbocycles. The van der Waals surface area contributed by atoms with E-state index in [1.165, 1.54) is 9.20 Å². The van der Waals surface area contributed by atoms with E-state index in [2.05, 4.69) is 10.2 Å². The Morgan fingerprint density at radius 3 is 2.61 bits per heavy atom. The van der Waals surface area contributed by atoms with Gasteiger partial charge in [-0.1, -0.05) is 41.9 Å². The lowest BCUT2D eigenvalue weighted by Gasteiger charge is -1.98. The van der Waals surface area contributed by atoms with Crippen molar-refractivity contribution in [3.63, 3.8) is 0 Å². The molecule has 1 aromatic carbocycles. The lowest BCUT2D eigenvalue weighted by atomic mass is 10.2. The minimum atomic E-state index is -0.295. The Morgan fingerprint density at radius 2 is 1.83 bits per heavy atom. The van der Waals surface area contributed by atoms with Crippen LogP contribution >= 0.6 is 11.6 Å². The molecular weight excluding hydrogens is 252 g/mol. The van der Waals surface area contributed by atoms with Gasteiger partial charge in [-0.25, -0.2) is 9.48 Å². The van der Waals surface area contributed by atoms with Gasteiger partial charge in [-0.05, 0) is 17.7 Å². The van der Waals surface area contributed by atoms with Crippen molar-refractivity contribution in [2.45, 2.75) is 6.54 Å². The van der Waals surface area contributed by atoms with Crippen LogP contribution in [-0.4, -0.2) is 19.4 Å². The van der Waals surface area contributed by atoms with Gasteiger partial charge in [-0.3, -0.25) is 0 Å². The molecule has 0 N–H and O–H groups in total. The first-order valence-corrected chi connectivity index (χ1v) is 5.78. The summed E-state index contributed by atoms with van der Waals surface area (Å²) in [4.78, 5) is 12.0. The number of fused-ring (bicyclic) bond motifs is 1. The average Bonchev–Trinajstić information content (AvgIpc) is 2.68. The number of nitrogens with zero attached hydrogens (tertiary/aromatic N) is 4. The van der Waals surface area contributed by atoms with E-state index in [1.807, 2.05) is 30.3 Å². The van der Waals surface area contributed by atoms with Crippen molar-refractivity contribution in [2.75, 3.05) is 0 Å². The molecule has 0 unspecified atom stereocenters. The molecule has 0 fully saturated rings. The third-order valence-corrected chi connectivity index (χ3v) is 2.78. The van der Waals surface area contributed by atoms with Crippen LogP contribution < -0.4 is 5.69 Å².